The highest BCUT2D eigenvalue weighted by atomic mass is 16.4. The summed E-state index contributed by atoms with van der Waals surface area (Å²) in [6.45, 7) is 1.53. The van der Waals surface area contributed by atoms with E-state index in [1.165, 1.54) is 24.8 Å². The third kappa shape index (κ3) is 3.18. The maximum Gasteiger partial charge on any atom is 0.320 e. The highest BCUT2D eigenvalue weighted by molar-refractivity contribution is 5.73. The minimum absolute atomic E-state index is 0.117. The second-order valence-corrected chi connectivity index (χ2v) is 6.80. The van der Waals surface area contributed by atoms with Gasteiger partial charge in [0.25, 0.3) is 0 Å². The molecule has 1 aliphatic carbocycles. The fraction of sp³-hybridized carbons (Fsp3) is 0.611. The Bertz CT molecular complexity index is 500. The van der Waals surface area contributed by atoms with E-state index in [2.05, 4.69) is 17.0 Å². The van der Waals surface area contributed by atoms with E-state index < -0.39 is 12.0 Å². The Morgan fingerprint density at radius 1 is 1.23 bits per heavy atom. The molecule has 1 heterocycles. The number of carboxylic acids is 1. The number of aliphatic hydroxyl groups excluding tert-OH is 1. The van der Waals surface area contributed by atoms with Crippen LogP contribution in [0.25, 0.3) is 0 Å². The van der Waals surface area contributed by atoms with Gasteiger partial charge >= 0.3 is 5.97 Å². The van der Waals surface area contributed by atoms with Gasteiger partial charge in [-0.2, -0.15) is 0 Å². The highest BCUT2D eigenvalue weighted by Gasteiger charge is 2.40. The van der Waals surface area contributed by atoms with Crippen molar-refractivity contribution in [3.05, 3.63) is 35.9 Å². The number of hydrogen-bond acceptors (Lipinski definition) is 3. The van der Waals surface area contributed by atoms with Crippen molar-refractivity contribution in [2.45, 2.75) is 37.6 Å². The number of carbonyl (C=O) groups is 1. The van der Waals surface area contributed by atoms with Crippen LogP contribution in [0, 0.1) is 11.8 Å². The SMILES string of the molecule is O=C(O)[C@H](CC1CCC1)N1CC(CO)C(c2ccccc2)C1. The van der Waals surface area contributed by atoms with Gasteiger partial charge in [-0.3, -0.25) is 9.69 Å². The molecule has 3 rings (SSSR count). The van der Waals surface area contributed by atoms with Gasteiger partial charge in [0.1, 0.15) is 6.04 Å². The lowest BCUT2D eigenvalue weighted by molar-refractivity contribution is -0.144. The van der Waals surface area contributed by atoms with Crippen LogP contribution in [0.4, 0.5) is 0 Å². The predicted octanol–water partition coefficient (Wildman–Crippen LogP) is 2.34. The minimum atomic E-state index is -0.711. The molecular weight excluding hydrogens is 278 g/mol. The molecule has 0 bridgehead atoms. The second-order valence-electron chi connectivity index (χ2n) is 6.80. The molecule has 120 valence electrons. The van der Waals surface area contributed by atoms with Crippen LogP contribution >= 0.6 is 0 Å². The van der Waals surface area contributed by atoms with Crippen LogP contribution in [0.1, 0.15) is 37.2 Å². The maximum absolute atomic E-state index is 11.7. The monoisotopic (exact) mass is 303 g/mol. The van der Waals surface area contributed by atoms with Gasteiger partial charge in [0, 0.05) is 31.5 Å². The quantitative estimate of drug-likeness (QED) is 0.847. The van der Waals surface area contributed by atoms with Crippen LogP contribution < -0.4 is 0 Å². The Kier molecular flexibility index (Phi) is 4.79. The number of likely N-dealkylation sites (tertiary alicyclic amines) is 1. The summed E-state index contributed by atoms with van der Waals surface area (Å²) >= 11 is 0. The summed E-state index contributed by atoms with van der Waals surface area (Å²) in [5.41, 5.74) is 1.21. The molecular formula is C18H25NO3. The average molecular weight is 303 g/mol. The van der Waals surface area contributed by atoms with Gasteiger partial charge in [0.05, 0.1) is 0 Å². The first-order valence-electron chi connectivity index (χ1n) is 8.31. The molecule has 2 N–H and O–H groups in total. The van der Waals surface area contributed by atoms with E-state index in [0.717, 1.165) is 13.0 Å². The molecule has 1 saturated carbocycles. The Hall–Kier alpha value is -1.39. The van der Waals surface area contributed by atoms with Crippen LogP contribution in [0.5, 0.6) is 0 Å². The average Bonchev–Trinajstić information content (AvgIpc) is 2.90. The molecule has 2 unspecified atom stereocenters. The lowest BCUT2D eigenvalue weighted by Crippen LogP contribution is -2.42. The van der Waals surface area contributed by atoms with Gasteiger partial charge in [-0.15, -0.1) is 0 Å². The van der Waals surface area contributed by atoms with Crippen LogP contribution in [-0.4, -0.2) is 46.8 Å². The minimum Gasteiger partial charge on any atom is -0.480 e. The van der Waals surface area contributed by atoms with E-state index >= 15 is 0 Å². The summed E-state index contributed by atoms with van der Waals surface area (Å²) in [7, 11) is 0. The summed E-state index contributed by atoms with van der Waals surface area (Å²) in [6, 6.07) is 9.77. The fourth-order valence-electron chi connectivity index (χ4n) is 3.87. The predicted molar refractivity (Wildman–Crippen MR) is 84.7 cm³/mol. The third-order valence-electron chi connectivity index (χ3n) is 5.44. The number of hydrogen-bond donors (Lipinski definition) is 2. The van der Waals surface area contributed by atoms with Crippen molar-refractivity contribution < 1.29 is 15.0 Å². The van der Waals surface area contributed by atoms with E-state index in [0.29, 0.717) is 12.5 Å². The number of nitrogens with zero attached hydrogens (tertiary/aromatic N) is 1. The van der Waals surface area contributed by atoms with Crippen molar-refractivity contribution in [3.63, 3.8) is 0 Å². The van der Waals surface area contributed by atoms with Crippen LogP contribution in [0.3, 0.4) is 0 Å². The molecule has 1 aliphatic heterocycles. The van der Waals surface area contributed by atoms with Crippen LogP contribution in [-0.2, 0) is 4.79 Å². The summed E-state index contributed by atoms with van der Waals surface area (Å²) in [6.07, 6.45) is 4.34. The number of benzene rings is 1. The Morgan fingerprint density at radius 2 is 1.95 bits per heavy atom. The molecule has 0 aromatic heterocycles. The first kappa shape index (κ1) is 15.5. The molecule has 22 heavy (non-hydrogen) atoms. The van der Waals surface area contributed by atoms with Crippen molar-refractivity contribution in [2.75, 3.05) is 19.7 Å². The molecule has 2 aliphatic rings. The van der Waals surface area contributed by atoms with E-state index in [1.807, 2.05) is 18.2 Å². The fourth-order valence-corrected chi connectivity index (χ4v) is 3.87. The Labute approximate surface area is 131 Å². The van der Waals surface area contributed by atoms with Gasteiger partial charge in [0.2, 0.25) is 0 Å². The maximum atomic E-state index is 11.7. The van der Waals surface area contributed by atoms with Crippen LogP contribution in [0.15, 0.2) is 30.3 Å². The molecule has 0 radical (unpaired) electrons. The van der Waals surface area contributed by atoms with E-state index in [9.17, 15) is 15.0 Å². The smallest absolute Gasteiger partial charge is 0.320 e. The van der Waals surface area contributed by atoms with Crippen molar-refractivity contribution in [2.24, 2.45) is 11.8 Å². The molecule has 4 nitrogen and oxygen atoms in total. The summed E-state index contributed by atoms with van der Waals surface area (Å²) < 4.78 is 0. The zero-order valence-electron chi connectivity index (χ0n) is 12.9. The largest absolute Gasteiger partial charge is 0.480 e. The first-order valence-corrected chi connectivity index (χ1v) is 8.31. The molecule has 1 aromatic carbocycles. The second kappa shape index (κ2) is 6.80. The zero-order chi connectivity index (χ0) is 15.5. The lowest BCUT2D eigenvalue weighted by Gasteiger charge is -2.32. The molecule has 4 heteroatoms. The molecule has 0 spiro atoms. The number of rotatable bonds is 6. The van der Waals surface area contributed by atoms with Gasteiger partial charge in [-0.25, -0.2) is 0 Å². The molecule has 0 amide bonds. The van der Waals surface area contributed by atoms with Crippen molar-refractivity contribution in [1.29, 1.82) is 0 Å². The van der Waals surface area contributed by atoms with Gasteiger partial charge in [0.15, 0.2) is 0 Å². The van der Waals surface area contributed by atoms with Crippen LogP contribution in [0.2, 0.25) is 0 Å². The van der Waals surface area contributed by atoms with Crippen molar-refractivity contribution in [3.8, 4) is 0 Å². The summed E-state index contributed by atoms with van der Waals surface area (Å²) in [5.74, 6) is 0.224. The standard InChI is InChI=1S/C18H25NO3/c20-12-15-10-19(11-16(15)14-7-2-1-3-8-14)17(18(21)22)9-13-5-4-6-13/h1-3,7-8,13,15-17,20H,4-6,9-12H2,(H,21,22)/t15?,16?,17-/m0/s1. The van der Waals surface area contributed by atoms with E-state index in [1.54, 1.807) is 0 Å². The Morgan fingerprint density at radius 3 is 2.50 bits per heavy atom. The molecule has 1 aromatic rings. The van der Waals surface area contributed by atoms with E-state index in [4.69, 9.17) is 0 Å². The molecule has 3 atom stereocenters. The number of carboxylic acid groups (broad SMARTS) is 1. The van der Waals surface area contributed by atoms with Gasteiger partial charge in [-0.05, 0) is 17.9 Å². The number of aliphatic carboxylic acids is 1. The molecule has 2 fully saturated rings. The zero-order valence-corrected chi connectivity index (χ0v) is 12.9. The van der Waals surface area contributed by atoms with E-state index in [-0.39, 0.29) is 18.4 Å². The lowest BCUT2D eigenvalue weighted by atomic mass is 9.80. The van der Waals surface area contributed by atoms with Gasteiger partial charge in [-0.1, -0.05) is 49.6 Å². The van der Waals surface area contributed by atoms with Gasteiger partial charge < -0.3 is 10.2 Å². The van der Waals surface area contributed by atoms with Crippen molar-refractivity contribution in [1.82, 2.24) is 4.90 Å². The topological polar surface area (TPSA) is 60.8 Å². The Balaban J connectivity index is 1.72. The first-order chi connectivity index (χ1) is 10.7. The summed E-state index contributed by atoms with van der Waals surface area (Å²) in [4.78, 5) is 13.8. The third-order valence-corrected chi connectivity index (χ3v) is 5.44. The highest BCUT2D eigenvalue weighted by Crippen LogP contribution is 2.37. The number of aliphatic hydroxyl groups is 1. The van der Waals surface area contributed by atoms with Crippen molar-refractivity contribution >= 4 is 5.97 Å². The summed E-state index contributed by atoms with van der Waals surface area (Å²) in [5, 5.41) is 19.3. The normalized spacial score (nSPS) is 27.5. The molecule has 1 saturated heterocycles.